The van der Waals surface area contributed by atoms with E-state index >= 15 is 0 Å². The third-order valence-electron chi connectivity index (χ3n) is 8.16. The molecule has 0 amide bonds. The maximum absolute atomic E-state index is 11.9. The van der Waals surface area contributed by atoms with Crippen LogP contribution in [0.1, 0.15) is 96.8 Å². The largest absolute Gasteiger partial charge is 0.463 e. The van der Waals surface area contributed by atoms with Gasteiger partial charge in [0.05, 0.1) is 108 Å². The average molecular weight is 774 g/mol. The molecule has 0 atom stereocenters. The summed E-state index contributed by atoms with van der Waals surface area (Å²) in [6.45, 7) is 8.52. The van der Waals surface area contributed by atoms with Crippen LogP contribution in [0.15, 0.2) is 18.2 Å². The van der Waals surface area contributed by atoms with Crippen molar-refractivity contribution in [3.05, 3.63) is 38.4 Å². The molecule has 0 unspecified atom stereocenters. The summed E-state index contributed by atoms with van der Waals surface area (Å²) in [6.07, 6.45) is 17.2. The van der Waals surface area contributed by atoms with E-state index in [0.29, 0.717) is 92.3 Å². The Morgan fingerprint density at radius 2 is 0.926 bits per heavy atom. The molecule has 1 N–H and O–H groups in total. The Morgan fingerprint density at radius 1 is 0.537 bits per heavy atom. The predicted molar refractivity (Wildman–Crippen MR) is 205 cm³/mol. The predicted octanol–water partition coefficient (Wildman–Crippen LogP) is 7.06. The fourth-order valence-electron chi connectivity index (χ4n) is 5.19. The first-order chi connectivity index (χ1) is 26.5. The first-order valence-corrected chi connectivity index (χ1v) is 19.8. The van der Waals surface area contributed by atoms with Crippen molar-refractivity contribution in [2.24, 2.45) is 0 Å². The Kier molecular flexibility index (Phi) is 33.6. The summed E-state index contributed by atoms with van der Waals surface area (Å²) >= 11 is 0. The molecule has 0 saturated heterocycles. The van der Waals surface area contributed by atoms with Crippen LogP contribution in [0, 0.1) is 20.2 Å². The second-order valence-corrected chi connectivity index (χ2v) is 12.6. The van der Waals surface area contributed by atoms with Crippen molar-refractivity contribution < 1.29 is 52.5 Å². The van der Waals surface area contributed by atoms with Crippen molar-refractivity contribution in [1.82, 2.24) is 0 Å². The molecule has 0 saturated carbocycles. The number of benzene rings is 1. The van der Waals surface area contributed by atoms with Gasteiger partial charge in [-0.05, 0) is 12.5 Å². The average Bonchev–Trinajstić information content (AvgIpc) is 3.16. The molecule has 16 nitrogen and oxygen atoms in total. The molecule has 1 aromatic carbocycles. The Morgan fingerprint density at radius 3 is 1.33 bits per heavy atom. The van der Waals surface area contributed by atoms with Crippen molar-refractivity contribution in [1.29, 1.82) is 0 Å². The van der Waals surface area contributed by atoms with Gasteiger partial charge in [-0.1, -0.05) is 84.0 Å². The van der Waals surface area contributed by atoms with E-state index in [2.05, 4.69) is 12.2 Å². The van der Waals surface area contributed by atoms with Crippen LogP contribution in [0.4, 0.5) is 17.1 Å². The normalized spacial score (nSPS) is 11.2. The number of hydrogen-bond acceptors (Lipinski definition) is 14. The SMILES string of the molecule is CCCCCCCCCCCCCCCC(=O)OCCOCCOCCOCCOCCOCCOCCOCCNc1ccc([N+](=O)[O-])cc1[N+](=O)[O-]. The number of nitro groups is 2. The number of hydrogen-bond donors (Lipinski definition) is 1. The lowest BCUT2D eigenvalue weighted by molar-refractivity contribution is -0.393. The highest BCUT2D eigenvalue weighted by Gasteiger charge is 2.19. The number of carbonyl (C=O) groups is 1. The van der Waals surface area contributed by atoms with Gasteiger partial charge in [0.15, 0.2) is 0 Å². The molecule has 0 fully saturated rings. The van der Waals surface area contributed by atoms with Gasteiger partial charge in [0.25, 0.3) is 11.4 Å². The molecule has 0 aromatic heterocycles. The van der Waals surface area contributed by atoms with Crippen molar-refractivity contribution >= 4 is 23.0 Å². The van der Waals surface area contributed by atoms with Crippen molar-refractivity contribution in [3.63, 3.8) is 0 Å². The first-order valence-electron chi connectivity index (χ1n) is 19.8. The van der Waals surface area contributed by atoms with Gasteiger partial charge in [-0.25, -0.2) is 0 Å². The molecular formula is C38H67N3O13. The van der Waals surface area contributed by atoms with Crippen molar-refractivity contribution in [2.45, 2.75) is 96.8 Å². The summed E-state index contributed by atoms with van der Waals surface area (Å²) in [5, 5.41) is 24.8. The number of nitro benzene ring substituents is 2. The van der Waals surface area contributed by atoms with Gasteiger partial charge in [-0.15, -0.1) is 0 Å². The fourth-order valence-corrected chi connectivity index (χ4v) is 5.19. The van der Waals surface area contributed by atoms with Crippen LogP contribution in [0.5, 0.6) is 0 Å². The van der Waals surface area contributed by atoms with Crippen LogP contribution in [0.3, 0.4) is 0 Å². The second-order valence-electron chi connectivity index (χ2n) is 12.6. The molecule has 0 aliphatic rings. The molecule has 0 aliphatic heterocycles. The third-order valence-corrected chi connectivity index (χ3v) is 8.16. The molecule has 1 aromatic rings. The Hall–Kier alpha value is -2.99. The highest BCUT2D eigenvalue weighted by molar-refractivity contribution is 5.69. The van der Waals surface area contributed by atoms with Gasteiger partial charge in [-0.2, -0.15) is 0 Å². The molecule has 16 heteroatoms. The van der Waals surface area contributed by atoms with Crippen LogP contribution >= 0.6 is 0 Å². The standard InChI is InChI=1S/C38H67N3O13/c1-2-3-4-5-6-7-8-9-10-11-12-13-14-15-38(42)54-33-32-53-31-30-52-29-28-51-27-26-50-25-24-49-23-22-48-21-20-47-19-18-39-36-17-16-35(40(43)44)34-37(36)41(45)46/h16-17,34,39H,2-15,18-33H2,1H3. The number of carbonyl (C=O) groups excluding carboxylic acids is 1. The summed E-state index contributed by atoms with van der Waals surface area (Å²) in [5.41, 5.74) is -0.526. The maximum Gasteiger partial charge on any atom is 0.305 e. The highest BCUT2D eigenvalue weighted by atomic mass is 16.6. The van der Waals surface area contributed by atoms with Gasteiger partial charge in [0, 0.05) is 19.0 Å². The van der Waals surface area contributed by atoms with E-state index in [1.165, 1.54) is 82.8 Å². The third kappa shape index (κ3) is 30.3. The molecule has 0 aliphatic carbocycles. The van der Waals surface area contributed by atoms with E-state index in [1.807, 2.05) is 0 Å². The van der Waals surface area contributed by atoms with Gasteiger partial charge in [0.2, 0.25) is 0 Å². The monoisotopic (exact) mass is 773 g/mol. The molecule has 312 valence electrons. The zero-order valence-corrected chi connectivity index (χ0v) is 32.6. The molecule has 0 radical (unpaired) electrons. The zero-order valence-electron chi connectivity index (χ0n) is 32.6. The number of ether oxygens (including phenoxy) is 8. The van der Waals surface area contributed by atoms with E-state index in [9.17, 15) is 25.0 Å². The quantitative estimate of drug-likeness (QED) is 0.0308. The second kappa shape index (κ2) is 37.0. The Labute approximate surface area is 321 Å². The minimum absolute atomic E-state index is 0.149. The molecule has 0 spiro atoms. The minimum atomic E-state index is -0.680. The van der Waals surface area contributed by atoms with Gasteiger partial charge in [-0.3, -0.25) is 25.0 Å². The number of unbranched alkanes of at least 4 members (excludes halogenated alkanes) is 12. The Balaban J connectivity index is 1.73. The van der Waals surface area contributed by atoms with E-state index in [4.69, 9.17) is 37.9 Å². The van der Waals surface area contributed by atoms with E-state index in [0.717, 1.165) is 18.9 Å². The number of non-ortho nitro benzene ring substituents is 1. The van der Waals surface area contributed by atoms with E-state index < -0.39 is 9.85 Å². The van der Waals surface area contributed by atoms with Gasteiger partial charge < -0.3 is 43.2 Å². The lowest BCUT2D eigenvalue weighted by Crippen LogP contribution is -2.16. The summed E-state index contributed by atoms with van der Waals surface area (Å²) in [4.78, 5) is 32.5. The summed E-state index contributed by atoms with van der Waals surface area (Å²) in [7, 11) is 0. The highest BCUT2D eigenvalue weighted by Crippen LogP contribution is 2.28. The van der Waals surface area contributed by atoms with Crippen molar-refractivity contribution in [3.8, 4) is 0 Å². The fraction of sp³-hybridized carbons (Fsp3) is 0.816. The van der Waals surface area contributed by atoms with Crippen LogP contribution in [-0.2, 0) is 42.7 Å². The van der Waals surface area contributed by atoms with Crippen LogP contribution in [0.25, 0.3) is 0 Å². The van der Waals surface area contributed by atoms with E-state index in [-0.39, 0.29) is 42.8 Å². The molecule has 54 heavy (non-hydrogen) atoms. The number of nitrogens with zero attached hydrogens (tertiary/aromatic N) is 2. The maximum atomic E-state index is 11.9. The summed E-state index contributed by atoms with van der Waals surface area (Å²) in [6, 6.07) is 3.43. The minimum Gasteiger partial charge on any atom is -0.463 e. The smallest absolute Gasteiger partial charge is 0.305 e. The molecule has 1 rings (SSSR count). The van der Waals surface area contributed by atoms with Crippen LogP contribution in [-0.4, -0.2) is 121 Å². The number of rotatable bonds is 41. The lowest BCUT2D eigenvalue weighted by Gasteiger charge is -2.09. The topological polar surface area (TPSA) is 189 Å². The van der Waals surface area contributed by atoms with E-state index in [1.54, 1.807) is 0 Å². The molecular weight excluding hydrogens is 706 g/mol. The van der Waals surface area contributed by atoms with Gasteiger partial charge in [0.1, 0.15) is 12.3 Å². The van der Waals surface area contributed by atoms with Crippen molar-refractivity contribution in [2.75, 3.05) is 111 Å². The summed E-state index contributed by atoms with van der Waals surface area (Å²) < 4.78 is 43.4. The number of esters is 1. The van der Waals surface area contributed by atoms with Gasteiger partial charge >= 0.3 is 5.97 Å². The first kappa shape index (κ1) is 49.0. The lowest BCUT2D eigenvalue weighted by atomic mass is 10.0. The summed E-state index contributed by atoms with van der Waals surface area (Å²) in [5.74, 6) is -0.149. The van der Waals surface area contributed by atoms with Crippen LogP contribution < -0.4 is 5.32 Å². The zero-order chi connectivity index (χ0) is 39.2. The number of anilines is 1. The molecule has 0 bridgehead atoms. The number of nitrogens with one attached hydrogen (secondary N) is 1. The molecule has 0 heterocycles. The van der Waals surface area contributed by atoms with Crippen LogP contribution in [0.2, 0.25) is 0 Å². The Bertz CT molecular complexity index is 1070.